The summed E-state index contributed by atoms with van der Waals surface area (Å²) in [5, 5.41) is 3.93. The predicted octanol–water partition coefficient (Wildman–Crippen LogP) is 5.45. The molecule has 0 bridgehead atoms. The van der Waals surface area contributed by atoms with Gasteiger partial charge in [0.05, 0.1) is 11.9 Å². The molecule has 2 aromatic carbocycles. The number of hydrogen-bond donors (Lipinski definition) is 0. The number of nitrogens with zero attached hydrogens (tertiary/aromatic N) is 1. The highest BCUT2D eigenvalue weighted by Crippen LogP contribution is 2.18. The molecular weight excluding hydrogens is 306 g/mol. The molecule has 0 aliphatic heterocycles. The number of ether oxygens (including phenoxy) is 2. The molecule has 0 radical (unpaired) electrons. The first-order chi connectivity index (χ1) is 11.4. The SMILES string of the molecule is C(=CC(=Nc1ccsc1)Oc1ccccc1)Oc1ccccc1. The van der Waals surface area contributed by atoms with E-state index >= 15 is 0 Å². The van der Waals surface area contributed by atoms with Crippen LogP contribution in [-0.2, 0) is 0 Å². The van der Waals surface area contributed by atoms with Crippen LogP contribution in [0, 0.1) is 0 Å². The van der Waals surface area contributed by atoms with Crippen molar-refractivity contribution in [1.82, 2.24) is 0 Å². The van der Waals surface area contributed by atoms with Gasteiger partial charge in [-0.25, -0.2) is 4.99 Å². The minimum absolute atomic E-state index is 0.463. The lowest BCUT2D eigenvalue weighted by atomic mass is 10.3. The van der Waals surface area contributed by atoms with Gasteiger partial charge in [0.2, 0.25) is 5.90 Å². The molecule has 3 aromatic rings. The van der Waals surface area contributed by atoms with Crippen molar-refractivity contribution in [2.24, 2.45) is 4.99 Å². The summed E-state index contributed by atoms with van der Waals surface area (Å²) in [6, 6.07) is 21.0. The molecular formula is C19H15NO2S. The van der Waals surface area contributed by atoms with E-state index in [9.17, 15) is 0 Å². The molecule has 23 heavy (non-hydrogen) atoms. The standard InChI is InChI=1S/C19H15NO2S/c1-3-7-17(8-4-1)21-13-11-19(20-16-12-14-23-15-16)22-18-9-5-2-6-10-18/h1-15H. The fraction of sp³-hybridized carbons (Fsp3) is 0. The van der Waals surface area contributed by atoms with Gasteiger partial charge in [0, 0.05) is 11.5 Å². The zero-order chi connectivity index (χ0) is 15.7. The predicted molar refractivity (Wildman–Crippen MR) is 94.7 cm³/mol. The lowest BCUT2D eigenvalue weighted by Crippen LogP contribution is -2.05. The third-order valence-corrected chi connectivity index (χ3v) is 3.54. The second-order valence-corrected chi connectivity index (χ2v) is 5.36. The highest BCUT2D eigenvalue weighted by molar-refractivity contribution is 7.08. The lowest BCUT2D eigenvalue weighted by molar-refractivity contribution is 0.479. The summed E-state index contributed by atoms with van der Waals surface area (Å²) in [5.74, 6) is 1.95. The van der Waals surface area contributed by atoms with Crippen molar-refractivity contribution in [3.05, 3.63) is 89.8 Å². The largest absolute Gasteiger partial charge is 0.465 e. The highest BCUT2D eigenvalue weighted by atomic mass is 32.1. The summed E-state index contributed by atoms with van der Waals surface area (Å²) in [7, 11) is 0. The average molecular weight is 321 g/mol. The first-order valence-corrected chi connectivity index (χ1v) is 8.06. The van der Waals surface area contributed by atoms with Gasteiger partial charge in [0.25, 0.3) is 0 Å². The Labute approximate surface area is 139 Å². The summed E-state index contributed by atoms with van der Waals surface area (Å²) in [6.45, 7) is 0. The van der Waals surface area contributed by atoms with Gasteiger partial charge in [-0.05, 0) is 35.7 Å². The van der Waals surface area contributed by atoms with Crippen LogP contribution in [0.1, 0.15) is 0 Å². The Morgan fingerprint density at radius 1 is 0.870 bits per heavy atom. The molecule has 0 spiro atoms. The number of thiophene rings is 1. The van der Waals surface area contributed by atoms with Crippen LogP contribution in [0.3, 0.4) is 0 Å². The average Bonchev–Trinajstić information content (AvgIpc) is 3.10. The normalized spacial score (nSPS) is 11.6. The van der Waals surface area contributed by atoms with Crippen molar-refractivity contribution >= 4 is 22.9 Å². The Morgan fingerprint density at radius 2 is 1.57 bits per heavy atom. The van der Waals surface area contributed by atoms with Crippen molar-refractivity contribution in [1.29, 1.82) is 0 Å². The molecule has 0 saturated heterocycles. The van der Waals surface area contributed by atoms with Gasteiger partial charge in [-0.3, -0.25) is 0 Å². The smallest absolute Gasteiger partial charge is 0.222 e. The molecule has 0 unspecified atom stereocenters. The number of aliphatic imine (C=N–C) groups is 1. The van der Waals surface area contributed by atoms with E-state index in [2.05, 4.69) is 4.99 Å². The number of benzene rings is 2. The van der Waals surface area contributed by atoms with Crippen LogP contribution in [0.15, 0.2) is 94.8 Å². The molecule has 0 saturated carbocycles. The molecule has 0 aliphatic rings. The molecule has 4 heteroatoms. The molecule has 0 atom stereocenters. The number of para-hydroxylation sites is 2. The molecule has 0 fully saturated rings. The molecule has 3 rings (SSSR count). The summed E-state index contributed by atoms with van der Waals surface area (Å²) < 4.78 is 11.4. The van der Waals surface area contributed by atoms with Crippen LogP contribution in [-0.4, -0.2) is 5.90 Å². The topological polar surface area (TPSA) is 30.8 Å². The molecule has 114 valence electrons. The summed E-state index contributed by atoms with van der Waals surface area (Å²) in [4.78, 5) is 4.48. The maximum Gasteiger partial charge on any atom is 0.222 e. The van der Waals surface area contributed by atoms with Crippen LogP contribution in [0.4, 0.5) is 5.69 Å². The molecule has 0 amide bonds. The second kappa shape index (κ2) is 7.96. The first kappa shape index (κ1) is 15.1. The zero-order valence-corrected chi connectivity index (χ0v) is 13.1. The van der Waals surface area contributed by atoms with Gasteiger partial charge in [0.15, 0.2) is 0 Å². The maximum absolute atomic E-state index is 5.81. The Balaban J connectivity index is 1.75. The van der Waals surface area contributed by atoms with Crippen molar-refractivity contribution < 1.29 is 9.47 Å². The van der Waals surface area contributed by atoms with Gasteiger partial charge >= 0.3 is 0 Å². The first-order valence-electron chi connectivity index (χ1n) is 7.12. The van der Waals surface area contributed by atoms with Gasteiger partial charge in [-0.1, -0.05) is 36.4 Å². The Kier molecular flexibility index (Phi) is 5.21. The van der Waals surface area contributed by atoms with Crippen molar-refractivity contribution in [2.75, 3.05) is 0 Å². The fourth-order valence-corrected chi connectivity index (χ4v) is 2.39. The molecule has 1 heterocycles. The van der Waals surface area contributed by atoms with E-state index < -0.39 is 0 Å². The Hall–Kier alpha value is -2.85. The van der Waals surface area contributed by atoms with E-state index in [1.165, 1.54) is 0 Å². The van der Waals surface area contributed by atoms with Gasteiger partial charge in [0.1, 0.15) is 11.5 Å². The Morgan fingerprint density at radius 3 is 2.22 bits per heavy atom. The zero-order valence-electron chi connectivity index (χ0n) is 12.3. The second-order valence-electron chi connectivity index (χ2n) is 4.58. The van der Waals surface area contributed by atoms with E-state index in [4.69, 9.17) is 9.47 Å². The molecule has 1 aromatic heterocycles. The van der Waals surface area contributed by atoms with Gasteiger partial charge in [-0.2, -0.15) is 11.3 Å². The third kappa shape index (κ3) is 4.83. The van der Waals surface area contributed by atoms with E-state index in [-0.39, 0.29) is 0 Å². The number of rotatable bonds is 5. The van der Waals surface area contributed by atoms with Crippen LogP contribution in [0.5, 0.6) is 11.5 Å². The summed E-state index contributed by atoms with van der Waals surface area (Å²) in [5.41, 5.74) is 0.852. The highest BCUT2D eigenvalue weighted by Gasteiger charge is 2.00. The molecule has 0 aliphatic carbocycles. The van der Waals surface area contributed by atoms with Gasteiger partial charge in [-0.15, -0.1) is 0 Å². The lowest BCUT2D eigenvalue weighted by Gasteiger charge is -2.05. The fourth-order valence-electron chi connectivity index (χ4n) is 1.82. The molecule has 3 nitrogen and oxygen atoms in total. The minimum Gasteiger partial charge on any atom is -0.465 e. The van der Waals surface area contributed by atoms with Crippen molar-refractivity contribution in [3.8, 4) is 11.5 Å². The van der Waals surface area contributed by atoms with Gasteiger partial charge < -0.3 is 9.47 Å². The van der Waals surface area contributed by atoms with Crippen LogP contribution in [0.2, 0.25) is 0 Å². The maximum atomic E-state index is 5.81. The summed E-state index contributed by atoms with van der Waals surface area (Å²) >= 11 is 1.59. The molecule has 0 N–H and O–H groups in total. The summed E-state index contributed by atoms with van der Waals surface area (Å²) in [6.07, 6.45) is 3.28. The Bertz CT molecular complexity index is 766. The van der Waals surface area contributed by atoms with E-state index in [1.807, 2.05) is 77.5 Å². The monoisotopic (exact) mass is 321 g/mol. The minimum atomic E-state index is 0.463. The quantitative estimate of drug-likeness (QED) is 0.355. The van der Waals surface area contributed by atoms with Crippen LogP contribution >= 0.6 is 11.3 Å². The van der Waals surface area contributed by atoms with E-state index in [0.717, 1.165) is 17.2 Å². The third-order valence-electron chi connectivity index (χ3n) is 2.87. The van der Waals surface area contributed by atoms with Crippen molar-refractivity contribution in [2.45, 2.75) is 0 Å². The van der Waals surface area contributed by atoms with E-state index in [0.29, 0.717) is 5.90 Å². The van der Waals surface area contributed by atoms with Crippen molar-refractivity contribution in [3.63, 3.8) is 0 Å². The van der Waals surface area contributed by atoms with Crippen LogP contribution < -0.4 is 9.47 Å². The van der Waals surface area contributed by atoms with E-state index in [1.54, 1.807) is 23.7 Å². The number of hydrogen-bond acceptors (Lipinski definition) is 4. The van der Waals surface area contributed by atoms with Crippen LogP contribution in [0.25, 0.3) is 0 Å².